The first-order valence-corrected chi connectivity index (χ1v) is 6.37. The van der Waals surface area contributed by atoms with Gasteiger partial charge in [-0.1, -0.05) is 6.92 Å². The van der Waals surface area contributed by atoms with Crippen LogP contribution >= 0.6 is 0 Å². The summed E-state index contributed by atoms with van der Waals surface area (Å²) in [7, 11) is 0. The standard InChI is InChI=1S/C13H22N2O2/c1-11-7-14-8-12(4-5-16)15(9-11)10-13-3-2-6-17-13/h2-3,6,11-12,14,16H,4-5,7-10H2,1H3. The molecule has 2 heterocycles. The first-order valence-electron chi connectivity index (χ1n) is 6.37. The molecule has 0 spiro atoms. The lowest BCUT2D eigenvalue weighted by molar-refractivity contribution is 0.140. The molecular formula is C13H22N2O2. The minimum absolute atomic E-state index is 0.245. The Bertz CT molecular complexity index is 313. The first-order chi connectivity index (χ1) is 8.29. The van der Waals surface area contributed by atoms with Crippen LogP contribution in [0.2, 0.25) is 0 Å². The third-order valence-corrected chi connectivity index (χ3v) is 3.34. The van der Waals surface area contributed by atoms with E-state index in [1.54, 1.807) is 6.26 Å². The molecule has 4 nitrogen and oxygen atoms in total. The van der Waals surface area contributed by atoms with Crippen LogP contribution in [0, 0.1) is 5.92 Å². The van der Waals surface area contributed by atoms with Crippen molar-refractivity contribution in [3.05, 3.63) is 24.2 Å². The van der Waals surface area contributed by atoms with Gasteiger partial charge in [-0.2, -0.15) is 0 Å². The van der Waals surface area contributed by atoms with Gasteiger partial charge in [0.05, 0.1) is 12.8 Å². The van der Waals surface area contributed by atoms with E-state index >= 15 is 0 Å². The number of hydrogen-bond donors (Lipinski definition) is 2. The fourth-order valence-electron chi connectivity index (χ4n) is 2.47. The van der Waals surface area contributed by atoms with Gasteiger partial charge in [0, 0.05) is 25.7 Å². The highest BCUT2D eigenvalue weighted by molar-refractivity contribution is 4.99. The summed E-state index contributed by atoms with van der Waals surface area (Å²) in [4.78, 5) is 2.42. The molecule has 1 aromatic rings. The maximum absolute atomic E-state index is 9.14. The predicted octanol–water partition coefficient (Wildman–Crippen LogP) is 1.07. The smallest absolute Gasteiger partial charge is 0.117 e. The largest absolute Gasteiger partial charge is 0.468 e. The van der Waals surface area contributed by atoms with Crippen LogP contribution in [0.1, 0.15) is 19.1 Å². The van der Waals surface area contributed by atoms with Crippen LogP contribution in [0.25, 0.3) is 0 Å². The summed E-state index contributed by atoms with van der Waals surface area (Å²) in [6, 6.07) is 4.34. The molecule has 0 radical (unpaired) electrons. The maximum atomic E-state index is 9.14. The Hall–Kier alpha value is -0.840. The van der Waals surface area contributed by atoms with Gasteiger partial charge in [0.1, 0.15) is 5.76 Å². The summed E-state index contributed by atoms with van der Waals surface area (Å²) in [6.45, 7) is 6.39. The topological polar surface area (TPSA) is 48.6 Å². The minimum Gasteiger partial charge on any atom is -0.468 e. The summed E-state index contributed by atoms with van der Waals surface area (Å²) in [5.74, 6) is 1.63. The van der Waals surface area contributed by atoms with Crippen molar-refractivity contribution in [1.82, 2.24) is 10.2 Å². The van der Waals surface area contributed by atoms with Crippen LogP contribution in [-0.4, -0.2) is 42.3 Å². The Morgan fingerprint density at radius 3 is 3.12 bits per heavy atom. The minimum atomic E-state index is 0.245. The number of aliphatic hydroxyl groups is 1. The lowest BCUT2D eigenvalue weighted by Gasteiger charge is -2.29. The maximum Gasteiger partial charge on any atom is 0.117 e. The zero-order valence-electron chi connectivity index (χ0n) is 10.4. The summed E-state index contributed by atoms with van der Waals surface area (Å²) in [5.41, 5.74) is 0. The lowest BCUT2D eigenvalue weighted by Crippen LogP contribution is -2.40. The normalized spacial score (nSPS) is 26.9. The van der Waals surface area contributed by atoms with E-state index in [0.29, 0.717) is 12.0 Å². The van der Waals surface area contributed by atoms with E-state index in [4.69, 9.17) is 9.52 Å². The molecule has 96 valence electrons. The average molecular weight is 238 g/mol. The highest BCUT2D eigenvalue weighted by Crippen LogP contribution is 2.15. The van der Waals surface area contributed by atoms with Crippen LogP contribution in [0.3, 0.4) is 0 Å². The summed E-state index contributed by atoms with van der Waals surface area (Å²) >= 11 is 0. The van der Waals surface area contributed by atoms with Crippen LogP contribution in [0.5, 0.6) is 0 Å². The van der Waals surface area contributed by atoms with Crippen molar-refractivity contribution in [2.45, 2.75) is 25.9 Å². The summed E-state index contributed by atoms with van der Waals surface area (Å²) < 4.78 is 5.41. The van der Waals surface area contributed by atoms with Gasteiger partial charge in [-0.25, -0.2) is 0 Å². The number of nitrogens with zero attached hydrogens (tertiary/aromatic N) is 1. The Kier molecular flexibility index (Phi) is 4.59. The number of nitrogens with one attached hydrogen (secondary N) is 1. The molecule has 0 aliphatic carbocycles. The van der Waals surface area contributed by atoms with Crippen molar-refractivity contribution in [1.29, 1.82) is 0 Å². The number of hydrogen-bond acceptors (Lipinski definition) is 4. The average Bonchev–Trinajstić information content (AvgIpc) is 2.73. The molecule has 4 heteroatoms. The monoisotopic (exact) mass is 238 g/mol. The number of furan rings is 1. The second-order valence-corrected chi connectivity index (χ2v) is 4.94. The second kappa shape index (κ2) is 6.19. The molecule has 2 unspecified atom stereocenters. The predicted molar refractivity (Wildman–Crippen MR) is 66.6 cm³/mol. The fraction of sp³-hybridized carbons (Fsp3) is 0.692. The molecule has 0 saturated carbocycles. The summed E-state index contributed by atoms with van der Waals surface area (Å²) in [6.07, 6.45) is 2.54. The van der Waals surface area contributed by atoms with E-state index in [-0.39, 0.29) is 6.61 Å². The van der Waals surface area contributed by atoms with Gasteiger partial charge in [0.2, 0.25) is 0 Å². The highest BCUT2D eigenvalue weighted by atomic mass is 16.3. The van der Waals surface area contributed by atoms with Crippen molar-refractivity contribution in [2.24, 2.45) is 5.92 Å². The van der Waals surface area contributed by atoms with Gasteiger partial charge in [0.15, 0.2) is 0 Å². The van der Waals surface area contributed by atoms with Crippen molar-refractivity contribution in [3.63, 3.8) is 0 Å². The molecule has 2 atom stereocenters. The Morgan fingerprint density at radius 2 is 2.41 bits per heavy atom. The molecule has 1 aromatic heterocycles. The van der Waals surface area contributed by atoms with E-state index in [9.17, 15) is 0 Å². The molecule has 2 rings (SSSR count). The highest BCUT2D eigenvalue weighted by Gasteiger charge is 2.24. The molecule has 1 saturated heterocycles. The molecule has 17 heavy (non-hydrogen) atoms. The van der Waals surface area contributed by atoms with Crippen LogP contribution in [0.4, 0.5) is 0 Å². The van der Waals surface area contributed by atoms with E-state index in [2.05, 4.69) is 17.1 Å². The van der Waals surface area contributed by atoms with Crippen LogP contribution < -0.4 is 5.32 Å². The van der Waals surface area contributed by atoms with E-state index < -0.39 is 0 Å². The first kappa shape index (κ1) is 12.6. The van der Waals surface area contributed by atoms with Gasteiger partial charge in [-0.15, -0.1) is 0 Å². The Morgan fingerprint density at radius 1 is 1.53 bits per heavy atom. The number of aliphatic hydroxyl groups excluding tert-OH is 1. The lowest BCUT2D eigenvalue weighted by atomic mass is 10.1. The van der Waals surface area contributed by atoms with Crippen LogP contribution in [0.15, 0.2) is 22.8 Å². The molecule has 1 aliphatic rings. The Labute approximate surface area is 103 Å². The third-order valence-electron chi connectivity index (χ3n) is 3.34. The quantitative estimate of drug-likeness (QED) is 0.824. The summed E-state index contributed by atoms with van der Waals surface area (Å²) in [5, 5.41) is 12.6. The fourth-order valence-corrected chi connectivity index (χ4v) is 2.47. The third kappa shape index (κ3) is 3.56. The molecular weight excluding hydrogens is 216 g/mol. The van der Waals surface area contributed by atoms with E-state index in [0.717, 1.165) is 38.4 Å². The van der Waals surface area contributed by atoms with Gasteiger partial charge < -0.3 is 14.8 Å². The van der Waals surface area contributed by atoms with Crippen LogP contribution in [-0.2, 0) is 6.54 Å². The van der Waals surface area contributed by atoms with Crippen molar-refractivity contribution >= 4 is 0 Å². The van der Waals surface area contributed by atoms with Crippen molar-refractivity contribution in [2.75, 3.05) is 26.2 Å². The second-order valence-electron chi connectivity index (χ2n) is 4.94. The van der Waals surface area contributed by atoms with E-state index in [1.165, 1.54) is 0 Å². The Balaban J connectivity index is 2.01. The SMILES string of the molecule is CC1CNCC(CCO)N(Cc2ccco2)C1. The molecule has 0 amide bonds. The van der Waals surface area contributed by atoms with Crippen molar-refractivity contribution in [3.8, 4) is 0 Å². The molecule has 0 aromatic carbocycles. The zero-order valence-corrected chi connectivity index (χ0v) is 10.4. The van der Waals surface area contributed by atoms with Gasteiger partial charge in [-0.3, -0.25) is 4.90 Å². The zero-order chi connectivity index (χ0) is 12.1. The van der Waals surface area contributed by atoms with Gasteiger partial charge >= 0.3 is 0 Å². The van der Waals surface area contributed by atoms with Gasteiger partial charge in [-0.05, 0) is 31.0 Å². The molecule has 1 aliphatic heterocycles. The van der Waals surface area contributed by atoms with Crippen molar-refractivity contribution < 1.29 is 9.52 Å². The molecule has 0 bridgehead atoms. The molecule has 1 fully saturated rings. The van der Waals surface area contributed by atoms with E-state index in [1.807, 2.05) is 12.1 Å². The molecule has 2 N–H and O–H groups in total. The number of rotatable bonds is 4. The van der Waals surface area contributed by atoms with Gasteiger partial charge in [0.25, 0.3) is 0 Å².